The van der Waals surface area contributed by atoms with Gasteiger partial charge in [0.2, 0.25) is 5.91 Å². The molecule has 0 bridgehead atoms. The first-order valence-electron chi connectivity index (χ1n) is 10.2. The van der Waals surface area contributed by atoms with Crippen molar-refractivity contribution in [1.29, 1.82) is 0 Å². The molecule has 0 atom stereocenters. The van der Waals surface area contributed by atoms with Gasteiger partial charge in [-0.05, 0) is 37.5 Å². The standard InChI is InChI=1S/C23H26N4O2/c1-3-21(28)24-19-15-16(11-12-20(19)27-13-7-4-8-14-27)22-17-9-5-6-10-18(17)23(29)26(2)25-22/h5-6,9-12,15H,3-4,7-8,13-14H2,1-2H3,(H,24,28). The van der Waals surface area contributed by atoms with Gasteiger partial charge in [-0.25, -0.2) is 4.68 Å². The Labute approximate surface area is 170 Å². The van der Waals surface area contributed by atoms with Crippen molar-refractivity contribution in [2.24, 2.45) is 7.05 Å². The molecule has 0 saturated carbocycles. The number of aryl methyl sites for hydroxylation is 1. The minimum Gasteiger partial charge on any atom is -0.370 e. The minimum absolute atomic E-state index is 0.0151. The second-order valence-electron chi connectivity index (χ2n) is 7.50. The van der Waals surface area contributed by atoms with Gasteiger partial charge in [0.25, 0.3) is 5.56 Å². The smallest absolute Gasteiger partial charge is 0.274 e. The predicted molar refractivity (Wildman–Crippen MR) is 117 cm³/mol. The second-order valence-corrected chi connectivity index (χ2v) is 7.50. The highest BCUT2D eigenvalue weighted by atomic mass is 16.1. The summed E-state index contributed by atoms with van der Waals surface area (Å²) in [4.78, 5) is 27.0. The maximum Gasteiger partial charge on any atom is 0.274 e. The third-order valence-corrected chi connectivity index (χ3v) is 5.52. The van der Waals surface area contributed by atoms with Crippen LogP contribution >= 0.6 is 0 Å². The molecule has 1 aliphatic rings. The average molecular weight is 390 g/mol. The first kappa shape index (κ1) is 19.2. The van der Waals surface area contributed by atoms with Gasteiger partial charge in [-0.15, -0.1) is 0 Å². The fourth-order valence-corrected chi connectivity index (χ4v) is 3.95. The van der Waals surface area contributed by atoms with Crippen LogP contribution in [0.15, 0.2) is 47.3 Å². The maximum atomic E-state index is 12.5. The van der Waals surface area contributed by atoms with Gasteiger partial charge in [-0.2, -0.15) is 5.10 Å². The van der Waals surface area contributed by atoms with Crippen LogP contribution in [0.1, 0.15) is 32.6 Å². The number of hydrogen-bond donors (Lipinski definition) is 1. The number of benzene rings is 2. The summed E-state index contributed by atoms with van der Waals surface area (Å²) in [6.07, 6.45) is 4.00. The molecule has 1 saturated heterocycles. The number of rotatable bonds is 4. The van der Waals surface area contributed by atoms with Gasteiger partial charge >= 0.3 is 0 Å². The van der Waals surface area contributed by atoms with Crippen LogP contribution in [0.5, 0.6) is 0 Å². The molecule has 1 fully saturated rings. The Morgan fingerprint density at radius 1 is 1.07 bits per heavy atom. The maximum absolute atomic E-state index is 12.5. The van der Waals surface area contributed by atoms with Crippen molar-refractivity contribution < 1.29 is 4.79 Å². The number of amides is 1. The van der Waals surface area contributed by atoms with Crippen LogP contribution < -0.4 is 15.8 Å². The molecule has 1 aliphatic heterocycles. The number of piperidine rings is 1. The number of nitrogens with one attached hydrogen (secondary N) is 1. The SMILES string of the molecule is CCC(=O)Nc1cc(-c2nn(C)c(=O)c3ccccc23)ccc1N1CCCCC1. The van der Waals surface area contributed by atoms with Gasteiger partial charge < -0.3 is 10.2 Å². The second kappa shape index (κ2) is 8.07. The van der Waals surface area contributed by atoms with Crippen molar-refractivity contribution >= 4 is 28.1 Å². The Morgan fingerprint density at radius 2 is 1.79 bits per heavy atom. The van der Waals surface area contributed by atoms with Gasteiger partial charge in [0.05, 0.1) is 22.5 Å². The molecule has 6 heteroatoms. The summed E-state index contributed by atoms with van der Waals surface area (Å²) in [7, 11) is 1.67. The zero-order valence-electron chi connectivity index (χ0n) is 16.9. The Kier molecular flexibility index (Phi) is 5.34. The van der Waals surface area contributed by atoms with Crippen LogP contribution in [0, 0.1) is 0 Å². The lowest BCUT2D eigenvalue weighted by Crippen LogP contribution is -2.30. The van der Waals surface area contributed by atoms with Crippen molar-refractivity contribution in [3.63, 3.8) is 0 Å². The summed E-state index contributed by atoms with van der Waals surface area (Å²) in [5, 5.41) is 9.05. The summed E-state index contributed by atoms with van der Waals surface area (Å²) < 4.78 is 1.38. The van der Waals surface area contributed by atoms with Crippen molar-refractivity contribution in [3.05, 3.63) is 52.8 Å². The number of fused-ring (bicyclic) bond motifs is 1. The van der Waals surface area contributed by atoms with E-state index < -0.39 is 0 Å². The molecule has 1 amide bonds. The zero-order valence-corrected chi connectivity index (χ0v) is 16.9. The van der Waals surface area contributed by atoms with Crippen LogP contribution in [-0.4, -0.2) is 28.8 Å². The van der Waals surface area contributed by atoms with Gasteiger partial charge in [0.15, 0.2) is 0 Å². The van der Waals surface area contributed by atoms with E-state index in [1.165, 1.54) is 11.1 Å². The molecule has 0 radical (unpaired) electrons. The molecule has 1 aromatic heterocycles. The highest BCUT2D eigenvalue weighted by Gasteiger charge is 2.18. The Balaban J connectivity index is 1.86. The molecule has 6 nitrogen and oxygen atoms in total. The molecule has 0 spiro atoms. The summed E-state index contributed by atoms with van der Waals surface area (Å²) in [5.74, 6) is -0.0151. The lowest BCUT2D eigenvalue weighted by molar-refractivity contribution is -0.115. The van der Waals surface area contributed by atoms with E-state index in [1.807, 2.05) is 43.3 Å². The Morgan fingerprint density at radius 3 is 2.52 bits per heavy atom. The predicted octanol–water partition coefficient (Wildman–Crippen LogP) is 3.94. The van der Waals surface area contributed by atoms with Crippen molar-refractivity contribution in [3.8, 4) is 11.3 Å². The monoisotopic (exact) mass is 390 g/mol. The lowest BCUT2D eigenvalue weighted by atomic mass is 10.0. The van der Waals surface area contributed by atoms with E-state index in [2.05, 4.69) is 21.4 Å². The normalized spacial score (nSPS) is 14.2. The minimum atomic E-state index is -0.117. The van der Waals surface area contributed by atoms with Gasteiger partial charge in [0.1, 0.15) is 0 Å². The number of carbonyl (C=O) groups is 1. The first-order valence-corrected chi connectivity index (χ1v) is 10.2. The summed E-state index contributed by atoms with van der Waals surface area (Å²) >= 11 is 0. The van der Waals surface area contributed by atoms with Crippen LogP contribution in [0.25, 0.3) is 22.0 Å². The van der Waals surface area contributed by atoms with E-state index in [-0.39, 0.29) is 11.5 Å². The number of nitrogens with zero attached hydrogens (tertiary/aromatic N) is 3. The van der Waals surface area contributed by atoms with E-state index in [9.17, 15) is 9.59 Å². The van der Waals surface area contributed by atoms with Crippen LogP contribution in [0.2, 0.25) is 0 Å². The molecule has 29 heavy (non-hydrogen) atoms. The fourth-order valence-electron chi connectivity index (χ4n) is 3.95. The number of carbonyl (C=O) groups excluding carboxylic acids is 1. The van der Waals surface area contributed by atoms with E-state index in [4.69, 9.17) is 0 Å². The summed E-state index contributed by atoms with van der Waals surface area (Å²) in [6.45, 7) is 3.84. The fraction of sp³-hybridized carbons (Fsp3) is 0.348. The first-order chi connectivity index (χ1) is 14.1. The molecule has 4 rings (SSSR count). The molecule has 2 heterocycles. The van der Waals surface area contributed by atoms with Crippen molar-refractivity contribution in [2.75, 3.05) is 23.3 Å². The quantitative estimate of drug-likeness (QED) is 0.733. The summed E-state index contributed by atoms with van der Waals surface area (Å²) in [6, 6.07) is 13.6. The van der Waals surface area contributed by atoms with Crippen molar-refractivity contribution in [1.82, 2.24) is 9.78 Å². The van der Waals surface area contributed by atoms with Crippen molar-refractivity contribution in [2.45, 2.75) is 32.6 Å². The largest absolute Gasteiger partial charge is 0.370 e. The molecule has 150 valence electrons. The molecular formula is C23H26N4O2. The average Bonchev–Trinajstić information content (AvgIpc) is 2.76. The highest BCUT2D eigenvalue weighted by Crippen LogP contribution is 2.34. The van der Waals surface area contributed by atoms with E-state index in [1.54, 1.807) is 7.05 Å². The van der Waals surface area contributed by atoms with Gasteiger partial charge in [-0.3, -0.25) is 9.59 Å². The van der Waals surface area contributed by atoms with Crippen LogP contribution in [0.3, 0.4) is 0 Å². The van der Waals surface area contributed by atoms with E-state index in [0.717, 1.165) is 53.9 Å². The number of aromatic nitrogens is 2. The van der Waals surface area contributed by atoms with Gasteiger partial charge in [0, 0.05) is 37.5 Å². The van der Waals surface area contributed by atoms with Crippen LogP contribution in [-0.2, 0) is 11.8 Å². The third kappa shape index (κ3) is 3.75. The topological polar surface area (TPSA) is 67.2 Å². The highest BCUT2D eigenvalue weighted by molar-refractivity contribution is 5.98. The Hall–Kier alpha value is -3.15. The summed E-state index contributed by atoms with van der Waals surface area (Å²) in [5.41, 5.74) is 3.35. The number of hydrogen-bond acceptors (Lipinski definition) is 4. The zero-order chi connectivity index (χ0) is 20.4. The molecule has 1 N–H and O–H groups in total. The van der Waals surface area contributed by atoms with E-state index >= 15 is 0 Å². The lowest BCUT2D eigenvalue weighted by Gasteiger charge is -2.31. The van der Waals surface area contributed by atoms with Crippen LogP contribution in [0.4, 0.5) is 11.4 Å². The molecule has 2 aromatic carbocycles. The Bertz CT molecular complexity index is 1110. The molecule has 0 aliphatic carbocycles. The number of anilines is 2. The van der Waals surface area contributed by atoms with E-state index in [0.29, 0.717) is 11.8 Å². The molecule has 3 aromatic rings. The molecule has 0 unspecified atom stereocenters. The third-order valence-electron chi connectivity index (χ3n) is 5.52. The molecular weight excluding hydrogens is 364 g/mol. The van der Waals surface area contributed by atoms with Gasteiger partial charge in [-0.1, -0.05) is 31.2 Å².